The van der Waals surface area contributed by atoms with Gasteiger partial charge in [0.25, 0.3) is 5.91 Å². The highest BCUT2D eigenvalue weighted by Crippen LogP contribution is 2.29. The normalized spacial score (nSPS) is 19.2. The number of hydrogen-bond donors (Lipinski definition) is 3. The molecular weight excluding hydrogens is 401 g/mol. The molecule has 0 bridgehead atoms. The summed E-state index contributed by atoms with van der Waals surface area (Å²) in [6.07, 6.45) is 3.73. The first kappa shape index (κ1) is 24.8. The summed E-state index contributed by atoms with van der Waals surface area (Å²) >= 11 is 0. The highest BCUT2D eigenvalue weighted by Gasteiger charge is 2.36. The van der Waals surface area contributed by atoms with Crippen LogP contribution < -0.4 is 10.6 Å². The topological polar surface area (TPSA) is 97.8 Å². The number of carbonyl (C=O) groups is 2. The molecule has 3 N–H and O–H groups in total. The van der Waals surface area contributed by atoms with Crippen LogP contribution in [0.4, 0.5) is 15.0 Å². The summed E-state index contributed by atoms with van der Waals surface area (Å²) in [5.41, 5.74) is -0.290. The summed E-state index contributed by atoms with van der Waals surface area (Å²) in [6, 6.07) is 1.05. The number of halogens is 1. The molecule has 174 valence electrons. The van der Waals surface area contributed by atoms with Gasteiger partial charge in [0, 0.05) is 24.2 Å². The van der Waals surface area contributed by atoms with Crippen LogP contribution in [0.1, 0.15) is 63.2 Å². The number of pyridine rings is 1. The fourth-order valence-corrected chi connectivity index (χ4v) is 4.09. The van der Waals surface area contributed by atoms with Gasteiger partial charge >= 0.3 is 6.09 Å². The Morgan fingerprint density at radius 3 is 2.42 bits per heavy atom. The van der Waals surface area contributed by atoms with Gasteiger partial charge in [-0.2, -0.15) is 0 Å². The molecule has 0 atom stereocenters. The minimum atomic E-state index is -0.921. The van der Waals surface area contributed by atoms with E-state index in [0.717, 1.165) is 19.2 Å². The van der Waals surface area contributed by atoms with Gasteiger partial charge < -0.3 is 25.5 Å². The van der Waals surface area contributed by atoms with Crippen molar-refractivity contribution in [3.63, 3.8) is 0 Å². The zero-order chi connectivity index (χ0) is 23.2. The van der Waals surface area contributed by atoms with E-state index < -0.39 is 17.4 Å². The average molecular weight is 438 g/mol. The number of nitrogens with one attached hydrogen (secondary N) is 2. The van der Waals surface area contributed by atoms with Crippen molar-refractivity contribution in [1.29, 1.82) is 0 Å². The lowest BCUT2D eigenvalue weighted by Crippen LogP contribution is -2.53. The summed E-state index contributed by atoms with van der Waals surface area (Å²) in [6.45, 7) is 7.18. The van der Waals surface area contributed by atoms with Crippen LogP contribution in [0.2, 0.25) is 0 Å². The van der Waals surface area contributed by atoms with Gasteiger partial charge in [-0.05, 0) is 79.6 Å². The van der Waals surface area contributed by atoms with Crippen LogP contribution in [0.15, 0.2) is 12.3 Å². The first-order valence-electron chi connectivity index (χ1n) is 10.9. The summed E-state index contributed by atoms with van der Waals surface area (Å²) in [4.78, 5) is 32.2. The molecule has 0 spiro atoms. The van der Waals surface area contributed by atoms with Crippen LogP contribution in [-0.4, -0.2) is 76.7 Å². The predicted octanol–water partition coefficient (Wildman–Crippen LogP) is 3.40. The molecule has 0 aliphatic heterocycles. The Bertz CT molecular complexity index is 758. The molecular formula is C22H36FN5O3. The standard InChI is InChI=1S/C22H36FN5O3/c1-22(2,3)28(21(30)31)17-9-7-16(8-10-17)26-20(29)18-13-15(23)14-25-19(18)24-11-6-12-27(4)5/h13-14,16-17H,6-12H2,1-5H3,(H,24,25)(H,26,29)(H,30,31)/t16-,17+. The maximum Gasteiger partial charge on any atom is 0.407 e. The second-order valence-electron chi connectivity index (χ2n) is 9.44. The Balaban J connectivity index is 1.97. The van der Waals surface area contributed by atoms with Gasteiger partial charge in [-0.25, -0.2) is 14.2 Å². The van der Waals surface area contributed by atoms with E-state index >= 15 is 0 Å². The van der Waals surface area contributed by atoms with Crippen LogP contribution in [0.25, 0.3) is 0 Å². The molecule has 0 radical (unpaired) electrons. The van der Waals surface area contributed by atoms with Gasteiger partial charge in [-0.1, -0.05) is 0 Å². The molecule has 1 heterocycles. The molecule has 31 heavy (non-hydrogen) atoms. The summed E-state index contributed by atoms with van der Waals surface area (Å²) < 4.78 is 13.8. The third-order valence-electron chi connectivity index (χ3n) is 5.50. The van der Waals surface area contributed by atoms with Crippen LogP contribution in [0.5, 0.6) is 0 Å². The highest BCUT2D eigenvalue weighted by atomic mass is 19.1. The number of hydrogen-bond acceptors (Lipinski definition) is 5. The fraction of sp³-hybridized carbons (Fsp3) is 0.682. The second kappa shape index (κ2) is 10.7. The zero-order valence-corrected chi connectivity index (χ0v) is 19.2. The lowest BCUT2D eigenvalue weighted by atomic mass is 9.88. The first-order valence-corrected chi connectivity index (χ1v) is 10.9. The van der Waals surface area contributed by atoms with Crippen LogP contribution in [-0.2, 0) is 0 Å². The summed E-state index contributed by atoms with van der Waals surface area (Å²) in [5.74, 6) is -0.553. The number of carbonyl (C=O) groups excluding carboxylic acids is 1. The van der Waals surface area contributed by atoms with Crippen molar-refractivity contribution >= 4 is 17.8 Å². The van der Waals surface area contributed by atoms with Gasteiger partial charge in [-0.15, -0.1) is 0 Å². The van der Waals surface area contributed by atoms with Crippen LogP contribution >= 0.6 is 0 Å². The van der Waals surface area contributed by atoms with Gasteiger partial charge in [0.05, 0.1) is 11.8 Å². The molecule has 1 aromatic heterocycles. The minimum Gasteiger partial charge on any atom is -0.465 e. The molecule has 1 fully saturated rings. The molecule has 1 aromatic rings. The molecule has 2 amide bonds. The second-order valence-corrected chi connectivity index (χ2v) is 9.44. The van der Waals surface area contributed by atoms with E-state index in [-0.39, 0.29) is 23.6 Å². The highest BCUT2D eigenvalue weighted by molar-refractivity contribution is 5.98. The minimum absolute atomic E-state index is 0.0737. The Kier molecular flexibility index (Phi) is 8.61. The molecule has 8 nitrogen and oxygen atoms in total. The fourth-order valence-electron chi connectivity index (χ4n) is 4.09. The van der Waals surface area contributed by atoms with Crippen molar-refractivity contribution in [2.24, 2.45) is 0 Å². The smallest absolute Gasteiger partial charge is 0.407 e. The predicted molar refractivity (Wildman–Crippen MR) is 119 cm³/mol. The van der Waals surface area contributed by atoms with Crippen molar-refractivity contribution in [3.05, 3.63) is 23.6 Å². The van der Waals surface area contributed by atoms with Crippen molar-refractivity contribution in [1.82, 2.24) is 20.1 Å². The maximum absolute atomic E-state index is 13.8. The molecule has 2 rings (SSSR count). The zero-order valence-electron chi connectivity index (χ0n) is 19.2. The molecule has 1 aliphatic rings. The van der Waals surface area contributed by atoms with Gasteiger partial charge in [0.15, 0.2) is 0 Å². The SMILES string of the molecule is CN(C)CCCNc1ncc(F)cc1C(=O)N[C@H]1CC[C@@H](N(C(=O)O)C(C)(C)C)CC1. The van der Waals surface area contributed by atoms with Crippen LogP contribution in [0.3, 0.4) is 0 Å². The van der Waals surface area contributed by atoms with Crippen molar-refractivity contribution in [2.75, 3.05) is 32.5 Å². The Morgan fingerprint density at radius 1 is 1.23 bits per heavy atom. The van der Waals surface area contributed by atoms with E-state index in [1.54, 1.807) is 0 Å². The van der Waals surface area contributed by atoms with Crippen molar-refractivity contribution < 1.29 is 19.1 Å². The number of anilines is 1. The average Bonchev–Trinajstić information content (AvgIpc) is 2.66. The third-order valence-corrected chi connectivity index (χ3v) is 5.50. The maximum atomic E-state index is 13.8. The third kappa shape index (κ3) is 7.34. The Labute approximate surface area is 184 Å². The van der Waals surface area contributed by atoms with E-state index in [0.29, 0.717) is 38.0 Å². The molecule has 0 unspecified atom stereocenters. The van der Waals surface area contributed by atoms with Crippen molar-refractivity contribution in [2.45, 2.75) is 70.5 Å². The van der Waals surface area contributed by atoms with E-state index in [1.807, 2.05) is 34.9 Å². The number of carboxylic acid groups (broad SMARTS) is 1. The van der Waals surface area contributed by atoms with E-state index in [1.165, 1.54) is 11.0 Å². The lowest BCUT2D eigenvalue weighted by Gasteiger charge is -2.42. The quantitative estimate of drug-likeness (QED) is 0.539. The van der Waals surface area contributed by atoms with E-state index in [4.69, 9.17) is 0 Å². The number of rotatable bonds is 8. The van der Waals surface area contributed by atoms with Gasteiger partial charge in [0.1, 0.15) is 11.6 Å². The van der Waals surface area contributed by atoms with E-state index in [9.17, 15) is 19.1 Å². The number of aromatic nitrogens is 1. The molecule has 1 aliphatic carbocycles. The Hall–Kier alpha value is -2.42. The number of nitrogens with zero attached hydrogens (tertiary/aromatic N) is 3. The Morgan fingerprint density at radius 2 is 1.87 bits per heavy atom. The largest absolute Gasteiger partial charge is 0.465 e. The molecule has 0 saturated heterocycles. The summed E-state index contributed by atoms with van der Waals surface area (Å²) in [5, 5.41) is 15.7. The van der Waals surface area contributed by atoms with Gasteiger partial charge in [0.2, 0.25) is 0 Å². The molecule has 1 saturated carbocycles. The van der Waals surface area contributed by atoms with Crippen LogP contribution in [0, 0.1) is 5.82 Å². The molecule has 0 aromatic carbocycles. The van der Waals surface area contributed by atoms with Gasteiger partial charge in [-0.3, -0.25) is 4.79 Å². The first-order chi connectivity index (χ1) is 14.5. The van der Waals surface area contributed by atoms with E-state index in [2.05, 4.69) is 20.5 Å². The number of amides is 2. The lowest BCUT2D eigenvalue weighted by molar-refractivity contribution is 0.0520. The van der Waals surface area contributed by atoms with Crippen molar-refractivity contribution in [3.8, 4) is 0 Å². The molecule has 9 heteroatoms. The monoisotopic (exact) mass is 437 g/mol. The summed E-state index contributed by atoms with van der Waals surface area (Å²) in [7, 11) is 3.97.